The number of pyridine rings is 2. The number of hydrogen-bond donors (Lipinski definition) is 0. The lowest BCUT2D eigenvalue weighted by Gasteiger charge is -2.11. The molecule has 1 atom stereocenters. The van der Waals surface area contributed by atoms with Crippen LogP contribution in [0, 0.1) is 0 Å². The highest BCUT2D eigenvalue weighted by atomic mass is 79.9. The maximum absolute atomic E-state index is 10.7. The highest BCUT2D eigenvalue weighted by molar-refractivity contribution is 9.08. The fourth-order valence-corrected chi connectivity index (χ4v) is 3.24. The van der Waals surface area contributed by atoms with Crippen molar-refractivity contribution in [1.82, 2.24) is 9.97 Å². The molecule has 0 radical (unpaired) electrons. The highest BCUT2D eigenvalue weighted by Crippen LogP contribution is 2.31. The maximum Gasteiger partial charge on any atom is 0.0594 e. The van der Waals surface area contributed by atoms with Crippen molar-refractivity contribution >= 4 is 37.8 Å². The second-order valence-electron chi connectivity index (χ2n) is 4.79. The standard InChI is InChI=1S/C16H13BrN2O2S/c17-7-15-16(14-4-2-1-3-11(14)8-19-15)12-5-6-13(18-9-12)10-22(20)21/h1-6,8-9H,7,10H2,(H,20,21)/p-1. The molecule has 3 rings (SSSR count). The zero-order valence-electron chi connectivity index (χ0n) is 11.5. The van der Waals surface area contributed by atoms with Crippen molar-refractivity contribution in [2.24, 2.45) is 0 Å². The predicted octanol–water partition coefficient (Wildman–Crippen LogP) is 3.57. The molecule has 2 aromatic heterocycles. The summed E-state index contributed by atoms with van der Waals surface area (Å²) >= 11 is 1.35. The molecule has 1 unspecified atom stereocenters. The smallest absolute Gasteiger partial charge is 0.0594 e. The van der Waals surface area contributed by atoms with E-state index in [1.54, 1.807) is 12.3 Å². The monoisotopic (exact) mass is 375 g/mol. The van der Waals surface area contributed by atoms with Gasteiger partial charge in [0.05, 0.1) is 17.1 Å². The van der Waals surface area contributed by atoms with Gasteiger partial charge in [-0.25, -0.2) is 0 Å². The molecule has 3 aromatic rings. The summed E-state index contributed by atoms with van der Waals surface area (Å²) in [6, 6.07) is 11.7. The third kappa shape index (κ3) is 3.09. The number of alkyl halides is 1. The Morgan fingerprint density at radius 3 is 2.59 bits per heavy atom. The predicted molar refractivity (Wildman–Crippen MR) is 90.2 cm³/mol. The SMILES string of the molecule is O=S([O-])Cc1ccc(-c2c(CBr)ncc3ccccc23)cn1. The van der Waals surface area contributed by atoms with E-state index in [9.17, 15) is 8.76 Å². The van der Waals surface area contributed by atoms with Crippen molar-refractivity contribution in [2.75, 3.05) is 0 Å². The van der Waals surface area contributed by atoms with Crippen LogP contribution in [0.1, 0.15) is 11.4 Å². The Labute approximate surface area is 139 Å². The van der Waals surface area contributed by atoms with E-state index >= 15 is 0 Å². The van der Waals surface area contributed by atoms with Crippen molar-refractivity contribution in [2.45, 2.75) is 11.1 Å². The Hall–Kier alpha value is -1.63. The summed E-state index contributed by atoms with van der Waals surface area (Å²) in [6.45, 7) is 0. The van der Waals surface area contributed by atoms with Gasteiger partial charge in [-0.3, -0.25) is 14.2 Å². The molecular weight excluding hydrogens is 364 g/mol. The van der Waals surface area contributed by atoms with Crippen LogP contribution in [0.3, 0.4) is 0 Å². The van der Waals surface area contributed by atoms with Gasteiger partial charge in [-0.1, -0.05) is 46.3 Å². The van der Waals surface area contributed by atoms with E-state index < -0.39 is 11.1 Å². The van der Waals surface area contributed by atoms with Gasteiger partial charge in [0.1, 0.15) is 0 Å². The normalized spacial score (nSPS) is 12.5. The average Bonchev–Trinajstić information content (AvgIpc) is 2.54. The van der Waals surface area contributed by atoms with Gasteiger partial charge in [0.25, 0.3) is 0 Å². The molecule has 0 fully saturated rings. The molecule has 0 amide bonds. The van der Waals surface area contributed by atoms with Crippen LogP contribution in [-0.2, 0) is 22.2 Å². The van der Waals surface area contributed by atoms with E-state index in [0.717, 1.165) is 27.6 Å². The summed E-state index contributed by atoms with van der Waals surface area (Å²) in [4.78, 5) is 8.74. The first-order valence-electron chi connectivity index (χ1n) is 6.63. The minimum atomic E-state index is -2.13. The lowest BCUT2D eigenvalue weighted by molar-refractivity contribution is 0.535. The van der Waals surface area contributed by atoms with Gasteiger partial charge in [-0.15, -0.1) is 0 Å². The number of aromatic nitrogens is 2. The summed E-state index contributed by atoms with van der Waals surface area (Å²) in [6.07, 6.45) is 3.57. The van der Waals surface area contributed by atoms with Gasteiger partial charge in [0.15, 0.2) is 0 Å². The molecule has 4 nitrogen and oxygen atoms in total. The molecule has 0 saturated heterocycles. The second-order valence-corrected chi connectivity index (χ2v) is 6.24. The lowest BCUT2D eigenvalue weighted by Crippen LogP contribution is -1.98. The third-order valence-corrected chi connectivity index (χ3v) is 4.45. The van der Waals surface area contributed by atoms with Gasteiger partial charge in [0, 0.05) is 34.2 Å². The topological polar surface area (TPSA) is 65.9 Å². The quantitative estimate of drug-likeness (QED) is 0.516. The van der Waals surface area contributed by atoms with E-state index in [-0.39, 0.29) is 5.75 Å². The largest absolute Gasteiger partial charge is 0.772 e. The van der Waals surface area contributed by atoms with Gasteiger partial charge in [0.2, 0.25) is 0 Å². The molecule has 112 valence electrons. The number of benzene rings is 1. The molecule has 22 heavy (non-hydrogen) atoms. The molecule has 0 aliphatic heterocycles. The molecule has 0 aliphatic carbocycles. The highest BCUT2D eigenvalue weighted by Gasteiger charge is 2.11. The average molecular weight is 376 g/mol. The fourth-order valence-electron chi connectivity index (χ4n) is 2.41. The van der Waals surface area contributed by atoms with E-state index in [1.165, 1.54) is 0 Å². The molecule has 0 saturated carbocycles. The Bertz CT molecular complexity index is 837. The molecule has 0 aliphatic rings. The van der Waals surface area contributed by atoms with Gasteiger partial charge in [-0.2, -0.15) is 0 Å². The van der Waals surface area contributed by atoms with E-state index in [2.05, 4.69) is 32.0 Å². The first-order valence-corrected chi connectivity index (χ1v) is 8.99. The second kappa shape index (κ2) is 6.64. The van der Waals surface area contributed by atoms with Crippen molar-refractivity contribution in [3.8, 4) is 11.1 Å². The Morgan fingerprint density at radius 2 is 1.91 bits per heavy atom. The minimum Gasteiger partial charge on any atom is -0.772 e. The Morgan fingerprint density at radius 1 is 1.09 bits per heavy atom. The third-order valence-electron chi connectivity index (χ3n) is 3.38. The number of halogens is 1. The van der Waals surface area contributed by atoms with E-state index in [0.29, 0.717) is 11.0 Å². The van der Waals surface area contributed by atoms with Crippen LogP contribution in [0.2, 0.25) is 0 Å². The number of fused-ring (bicyclic) bond motifs is 1. The number of rotatable bonds is 4. The van der Waals surface area contributed by atoms with Crippen molar-refractivity contribution in [1.29, 1.82) is 0 Å². The van der Waals surface area contributed by atoms with Crippen LogP contribution in [0.5, 0.6) is 0 Å². The minimum absolute atomic E-state index is 0.0701. The van der Waals surface area contributed by atoms with Gasteiger partial charge < -0.3 is 4.55 Å². The summed E-state index contributed by atoms with van der Waals surface area (Å²) < 4.78 is 21.5. The Balaban J connectivity index is 2.14. The number of hydrogen-bond acceptors (Lipinski definition) is 4. The summed E-state index contributed by atoms with van der Waals surface area (Å²) in [5.74, 6) is -0.0701. The Kier molecular flexibility index (Phi) is 4.61. The molecule has 1 aromatic carbocycles. The molecule has 0 bridgehead atoms. The van der Waals surface area contributed by atoms with Gasteiger partial charge in [-0.05, 0) is 22.5 Å². The molecule has 0 N–H and O–H groups in total. The van der Waals surface area contributed by atoms with Crippen LogP contribution in [0.4, 0.5) is 0 Å². The lowest BCUT2D eigenvalue weighted by atomic mass is 9.99. The van der Waals surface area contributed by atoms with Crippen LogP contribution >= 0.6 is 15.9 Å². The summed E-state index contributed by atoms with van der Waals surface area (Å²) in [7, 11) is 0. The van der Waals surface area contributed by atoms with Crippen LogP contribution < -0.4 is 0 Å². The summed E-state index contributed by atoms with van der Waals surface area (Å²) in [5, 5.41) is 2.81. The van der Waals surface area contributed by atoms with Crippen molar-refractivity contribution in [3.05, 3.63) is 60.2 Å². The zero-order chi connectivity index (χ0) is 15.5. The molecular formula is C16H12BrN2O2S-. The first-order chi connectivity index (χ1) is 10.7. The van der Waals surface area contributed by atoms with Crippen LogP contribution in [0.25, 0.3) is 21.9 Å². The molecule has 0 spiro atoms. The van der Waals surface area contributed by atoms with Gasteiger partial charge >= 0.3 is 0 Å². The molecule has 2 heterocycles. The van der Waals surface area contributed by atoms with Crippen LogP contribution in [0.15, 0.2) is 48.8 Å². The first kappa shape index (κ1) is 15.3. The maximum atomic E-state index is 10.7. The zero-order valence-corrected chi connectivity index (χ0v) is 13.9. The van der Waals surface area contributed by atoms with Crippen molar-refractivity contribution < 1.29 is 8.76 Å². The number of nitrogens with zero attached hydrogens (tertiary/aromatic N) is 2. The van der Waals surface area contributed by atoms with E-state index in [4.69, 9.17) is 0 Å². The summed E-state index contributed by atoms with van der Waals surface area (Å²) in [5.41, 5.74) is 3.42. The fraction of sp³-hybridized carbons (Fsp3) is 0.125. The molecule has 6 heteroatoms. The van der Waals surface area contributed by atoms with E-state index in [1.807, 2.05) is 30.5 Å². The van der Waals surface area contributed by atoms with Crippen molar-refractivity contribution in [3.63, 3.8) is 0 Å². The van der Waals surface area contributed by atoms with Crippen LogP contribution in [-0.4, -0.2) is 18.7 Å².